The molecule has 0 aliphatic rings. The highest BCUT2D eigenvalue weighted by molar-refractivity contribution is 6.06. The van der Waals surface area contributed by atoms with Gasteiger partial charge in [0.25, 0.3) is 23.2 Å². The van der Waals surface area contributed by atoms with Crippen LogP contribution in [0.3, 0.4) is 0 Å². The van der Waals surface area contributed by atoms with E-state index in [2.05, 4.69) is 10.6 Å². The van der Waals surface area contributed by atoms with Crippen molar-refractivity contribution in [1.82, 2.24) is 0 Å². The van der Waals surface area contributed by atoms with Crippen molar-refractivity contribution in [3.63, 3.8) is 0 Å². The summed E-state index contributed by atoms with van der Waals surface area (Å²) in [6.45, 7) is 3.68. The van der Waals surface area contributed by atoms with Gasteiger partial charge in [-0.2, -0.15) is 0 Å². The van der Waals surface area contributed by atoms with Crippen LogP contribution in [-0.4, -0.2) is 21.7 Å². The molecule has 190 valence electrons. The molecule has 0 aliphatic heterocycles. The minimum Gasteiger partial charge on any atom is -0.322 e. The van der Waals surface area contributed by atoms with Crippen molar-refractivity contribution in [3.05, 3.63) is 127 Å². The summed E-state index contributed by atoms with van der Waals surface area (Å²) in [4.78, 5) is 46.1. The summed E-state index contributed by atoms with van der Waals surface area (Å²) in [7, 11) is 0. The molecule has 38 heavy (non-hydrogen) atoms. The number of nitrogens with zero attached hydrogens (tertiary/aromatic N) is 2. The number of benzene rings is 4. The van der Waals surface area contributed by atoms with Crippen LogP contribution in [0.15, 0.2) is 84.9 Å². The molecule has 10 heteroatoms. The van der Waals surface area contributed by atoms with Gasteiger partial charge >= 0.3 is 0 Å². The summed E-state index contributed by atoms with van der Waals surface area (Å²) < 4.78 is 0. The van der Waals surface area contributed by atoms with Gasteiger partial charge in [0.05, 0.1) is 9.85 Å². The SMILES string of the molecule is Cc1cc(-c2ccc(NC(=O)c3cccc([N+](=O)[O-])c3)c(C)c2)ccc1NC(=O)c1cccc([N+](=O)[O-])c1. The fourth-order valence-electron chi connectivity index (χ4n) is 3.88. The van der Waals surface area contributed by atoms with Crippen molar-refractivity contribution in [1.29, 1.82) is 0 Å². The molecule has 0 saturated heterocycles. The average Bonchev–Trinajstić information content (AvgIpc) is 2.91. The largest absolute Gasteiger partial charge is 0.322 e. The molecular weight excluding hydrogens is 488 g/mol. The van der Waals surface area contributed by atoms with E-state index in [9.17, 15) is 29.8 Å². The first-order valence-corrected chi connectivity index (χ1v) is 11.5. The Hall–Kier alpha value is -5.38. The second-order valence-corrected chi connectivity index (χ2v) is 8.58. The number of nitro benzene ring substituents is 2. The molecule has 0 aliphatic carbocycles. The van der Waals surface area contributed by atoms with Gasteiger partial charge in [0, 0.05) is 46.8 Å². The number of amides is 2. The number of aryl methyl sites for hydroxylation is 2. The quantitative estimate of drug-likeness (QED) is 0.221. The minimum absolute atomic E-state index is 0.162. The molecule has 0 radical (unpaired) electrons. The van der Waals surface area contributed by atoms with Crippen LogP contribution >= 0.6 is 0 Å². The zero-order chi connectivity index (χ0) is 27.4. The van der Waals surface area contributed by atoms with Gasteiger partial charge in [0.15, 0.2) is 0 Å². The Bertz CT molecular complexity index is 1480. The summed E-state index contributed by atoms with van der Waals surface area (Å²) in [5.74, 6) is -0.909. The number of hydrogen-bond donors (Lipinski definition) is 2. The van der Waals surface area contributed by atoms with E-state index in [0.29, 0.717) is 11.4 Å². The van der Waals surface area contributed by atoms with Gasteiger partial charge in [-0.3, -0.25) is 29.8 Å². The molecule has 0 unspecified atom stereocenters. The highest BCUT2D eigenvalue weighted by Gasteiger charge is 2.15. The first-order valence-electron chi connectivity index (χ1n) is 11.5. The highest BCUT2D eigenvalue weighted by atomic mass is 16.6. The number of nitrogens with one attached hydrogen (secondary N) is 2. The molecule has 0 atom stereocenters. The predicted molar refractivity (Wildman–Crippen MR) is 143 cm³/mol. The van der Waals surface area contributed by atoms with E-state index in [1.54, 1.807) is 12.1 Å². The van der Waals surface area contributed by atoms with E-state index in [0.717, 1.165) is 22.3 Å². The summed E-state index contributed by atoms with van der Waals surface area (Å²) in [5, 5.41) is 27.6. The standard InChI is InChI=1S/C28H22N4O6/c1-17-13-19(9-11-25(17)29-27(33)21-5-3-7-23(15-21)31(35)36)20-10-12-26(18(2)14-20)30-28(34)22-6-4-8-24(16-22)32(37)38/h3-16H,1-2H3,(H,29,33)(H,30,34). The van der Waals surface area contributed by atoms with Crippen LogP contribution in [0.5, 0.6) is 0 Å². The second-order valence-electron chi connectivity index (χ2n) is 8.58. The molecule has 2 N–H and O–H groups in total. The van der Waals surface area contributed by atoms with Crippen LogP contribution in [0, 0.1) is 34.1 Å². The Morgan fingerprint density at radius 3 is 1.34 bits per heavy atom. The smallest absolute Gasteiger partial charge is 0.270 e. The number of anilines is 2. The molecule has 0 saturated carbocycles. The van der Waals surface area contributed by atoms with E-state index in [-0.39, 0.29) is 22.5 Å². The molecule has 4 rings (SSSR count). The third-order valence-corrected chi connectivity index (χ3v) is 5.92. The van der Waals surface area contributed by atoms with Crippen LogP contribution in [-0.2, 0) is 0 Å². The minimum atomic E-state index is -0.552. The van der Waals surface area contributed by atoms with Crippen molar-refractivity contribution in [2.24, 2.45) is 0 Å². The zero-order valence-electron chi connectivity index (χ0n) is 20.4. The van der Waals surface area contributed by atoms with Crippen LogP contribution in [0.25, 0.3) is 11.1 Å². The summed E-state index contributed by atoms with van der Waals surface area (Å²) in [6.07, 6.45) is 0. The molecule has 2 amide bonds. The van der Waals surface area contributed by atoms with E-state index in [1.165, 1.54) is 48.5 Å². The van der Waals surface area contributed by atoms with Gasteiger partial charge in [-0.25, -0.2) is 0 Å². The second kappa shape index (κ2) is 10.7. The number of non-ortho nitro benzene ring substituents is 2. The fraction of sp³-hybridized carbons (Fsp3) is 0.0714. The van der Waals surface area contributed by atoms with E-state index < -0.39 is 21.7 Å². The maximum absolute atomic E-state index is 12.6. The van der Waals surface area contributed by atoms with Gasteiger partial charge in [0.2, 0.25) is 0 Å². The number of carbonyl (C=O) groups excluding carboxylic acids is 2. The van der Waals surface area contributed by atoms with Gasteiger partial charge in [-0.15, -0.1) is 0 Å². The lowest BCUT2D eigenvalue weighted by Gasteiger charge is -2.13. The maximum Gasteiger partial charge on any atom is 0.270 e. The first-order chi connectivity index (χ1) is 18.1. The van der Waals surface area contributed by atoms with Crippen molar-refractivity contribution >= 4 is 34.6 Å². The monoisotopic (exact) mass is 510 g/mol. The van der Waals surface area contributed by atoms with Crippen molar-refractivity contribution < 1.29 is 19.4 Å². The van der Waals surface area contributed by atoms with Crippen LogP contribution in [0.4, 0.5) is 22.7 Å². The average molecular weight is 511 g/mol. The molecule has 4 aromatic carbocycles. The Labute approximate surface area is 217 Å². The van der Waals surface area contributed by atoms with Crippen LogP contribution in [0.1, 0.15) is 31.8 Å². The lowest BCUT2D eigenvalue weighted by atomic mass is 9.99. The number of carbonyl (C=O) groups is 2. The predicted octanol–water partition coefficient (Wildman–Crippen LogP) is 6.29. The highest BCUT2D eigenvalue weighted by Crippen LogP contribution is 2.29. The van der Waals surface area contributed by atoms with Crippen molar-refractivity contribution in [2.45, 2.75) is 13.8 Å². The molecule has 0 aromatic heterocycles. The van der Waals surface area contributed by atoms with Gasteiger partial charge in [0.1, 0.15) is 0 Å². The van der Waals surface area contributed by atoms with Crippen molar-refractivity contribution in [2.75, 3.05) is 10.6 Å². The molecule has 10 nitrogen and oxygen atoms in total. The Morgan fingerprint density at radius 2 is 1.00 bits per heavy atom. The van der Waals surface area contributed by atoms with Gasteiger partial charge in [-0.1, -0.05) is 24.3 Å². The lowest BCUT2D eigenvalue weighted by molar-refractivity contribution is -0.385. The molecule has 0 heterocycles. The number of rotatable bonds is 7. The molecule has 0 fully saturated rings. The van der Waals surface area contributed by atoms with E-state index in [1.807, 2.05) is 38.1 Å². The molecule has 0 bridgehead atoms. The number of hydrogen-bond acceptors (Lipinski definition) is 6. The van der Waals surface area contributed by atoms with E-state index in [4.69, 9.17) is 0 Å². The summed E-state index contributed by atoms with van der Waals surface area (Å²) >= 11 is 0. The van der Waals surface area contributed by atoms with Crippen molar-refractivity contribution in [3.8, 4) is 11.1 Å². The van der Waals surface area contributed by atoms with Crippen LogP contribution in [0.2, 0.25) is 0 Å². The summed E-state index contributed by atoms with van der Waals surface area (Å²) in [5.41, 5.74) is 4.54. The molecule has 4 aromatic rings. The third-order valence-electron chi connectivity index (χ3n) is 5.92. The third kappa shape index (κ3) is 5.71. The number of nitro groups is 2. The Kier molecular flexibility index (Phi) is 7.24. The molecular formula is C28H22N4O6. The fourth-order valence-corrected chi connectivity index (χ4v) is 3.88. The Morgan fingerprint density at radius 1 is 0.605 bits per heavy atom. The maximum atomic E-state index is 12.6. The normalized spacial score (nSPS) is 10.5. The topological polar surface area (TPSA) is 144 Å². The summed E-state index contributed by atoms with van der Waals surface area (Å²) in [6, 6.07) is 22.0. The Balaban J connectivity index is 1.49. The van der Waals surface area contributed by atoms with Crippen LogP contribution < -0.4 is 10.6 Å². The lowest BCUT2D eigenvalue weighted by Crippen LogP contribution is -2.13. The first kappa shape index (κ1) is 25.7. The van der Waals surface area contributed by atoms with Gasteiger partial charge in [-0.05, 0) is 72.5 Å². The zero-order valence-corrected chi connectivity index (χ0v) is 20.4. The van der Waals surface area contributed by atoms with Gasteiger partial charge < -0.3 is 10.6 Å². The van der Waals surface area contributed by atoms with E-state index >= 15 is 0 Å². The molecule has 0 spiro atoms.